The van der Waals surface area contributed by atoms with Crippen LogP contribution in [0.4, 0.5) is 0 Å². The second kappa shape index (κ2) is 3.54. The summed E-state index contributed by atoms with van der Waals surface area (Å²) in [4.78, 5) is 13.1. The molecule has 1 saturated carbocycles. The molecule has 2 atom stereocenters. The molecule has 2 aliphatic rings. The van der Waals surface area contributed by atoms with Gasteiger partial charge in [0.05, 0.1) is 5.92 Å². The monoisotopic (exact) mass is 236 g/mol. The minimum Gasteiger partial charge on any atom is -0.369 e. The summed E-state index contributed by atoms with van der Waals surface area (Å²) in [6.45, 7) is 2.61. The van der Waals surface area contributed by atoms with Crippen molar-refractivity contribution in [3.05, 3.63) is 0 Å². The van der Waals surface area contributed by atoms with Crippen LogP contribution in [0.1, 0.15) is 12.8 Å². The first kappa shape index (κ1) is 10.5. The van der Waals surface area contributed by atoms with Gasteiger partial charge in [-0.1, -0.05) is 0 Å². The summed E-state index contributed by atoms with van der Waals surface area (Å²) in [5.41, 5.74) is 5.24. The maximum atomic E-state index is 10.9. The van der Waals surface area contributed by atoms with Crippen LogP contribution < -0.4 is 5.73 Å². The third-order valence-electron chi connectivity index (χ3n) is 3.11. The van der Waals surface area contributed by atoms with Crippen LogP contribution in [-0.4, -0.2) is 34.8 Å². The van der Waals surface area contributed by atoms with Crippen LogP contribution in [-0.2, 0) is 4.79 Å². The van der Waals surface area contributed by atoms with Gasteiger partial charge in [-0.15, -0.1) is 23.2 Å². The average molecular weight is 237 g/mol. The van der Waals surface area contributed by atoms with Crippen LogP contribution in [0.3, 0.4) is 0 Å². The van der Waals surface area contributed by atoms with Gasteiger partial charge in [-0.2, -0.15) is 0 Å². The molecule has 80 valence electrons. The number of rotatable bonds is 3. The van der Waals surface area contributed by atoms with E-state index in [0.29, 0.717) is 5.92 Å². The molecule has 0 radical (unpaired) electrons. The standard InChI is InChI=1S/C9H14Cl2N2O/c10-9(11)3-7(9)5-13-2-1-6(4-13)8(12)14/h6-7H,1-5H2,(H2,12,14)/t6-,7+/m0/s1. The zero-order valence-corrected chi connectivity index (χ0v) is 9.39. The predicted molar refractivity (Wildman–Crippen MR) is 56.3 cm³/mol. The SMILES string of the molecule is NC(=O)[C@H]1CCN(C[C@H]2CC2(Cl)Cl)C1. The lowest BCUT2D eigenvalue weighted by Crippen LogP contribution is -2.29. The van der Waals surface area contributed by atoms with E-state index in [2.05, 4.69) is 4.90 Å². The zero-order chi connectivity index (χ0) is 10.3. The van der Waals surface area contributed by atoms with Crippen molar-refractivity contribution in [1.29, 1.82) is 0 Å². The Balaban J connectivity index is 1.77. The van der Waals surface area contributed by atoms with E-state index in [0.717, 1.165) is 32.5 Å². The number of alkyl halides is 2. The van der Waals surface area contributed by atoms with Gasteiger partial charge in [0, 0.05) is 19.0 Å². The molecule has 0 aromatic heterocycles. The van der Waals surface area contributed by atoms with Gasteiger partial charge in [0.2, 0.25) is 5.91 Å². The Kier molecular flexibility index (Phi) is 2.66. The largest absolute Gasteiger partial charge is 0.369 e. The highest BCUT2D eigenvalue weighted by atomic mass is 35.5. The molecule has 1 amide bonds. The van der Waals surface area contributed by atoms with Crippen molar-refractivity contribution in [2.75, 3.05) is 19.6 Å². The predicted octanol–water partition coefficient (Wildman–Crippen LogP) is 0.987. The minimum absolute atomic E-state index is 0.0220. The second-order valence-corrected chi connectivity index (χ2v) is 5.85. The van der Waals surface area contributed by atoms with Crippen LogP contribution in [0, 0.1) is 11.8 Å². The van der Waals surface area contributed by atoms with Gasteiger partial charge >= 0.3 is 0 Å². The topological polar surface area (TPSA) is 46.3 Å². The van der Waals surface area contributed by atoms with Crippen molar-refractivity contribution in [2.24, 2.45) is 17.6 Å². The lowest BCUT2D eigenvalue weighted by molar-refractivity contribution is -0.121. The van der Waals surface area contributed by atoms with E-state index in [1.54, 1.807) is 0 Å². The number of halogens is 2. The van der Waals surface area contributed by atoms with Crippen molar-refractivity contribution in [3.63, 3.8) is 0 Å². The van der Waals surface area contributed by atoms with E-state index in [1.807, 2.05) is 0 Å². The molecule has 2 rings (SSSR count). The second-order valence-electron chi connectivity index (χ2n) is 4.31. The number of amides is 1. The minimum atomic E-state index is -0.509. The Hall–Kier alpha value is 0.01000. The molecular weight excluding hydrogens is 223 g/mol. The van der Waals surface area contributed by atoms with Gasteiger partial charge in [-0.05, 0) is 19.4 Å². The third kappa shape index (κ3) is 2.15. The Labute approximate surface area is 93.5 Å². The molecule has 1 aliphatic heterocycles. The number of hydrogen-bond acceptors (Lipinski definition) is 2. The number of hydrogen-bond donors (Lipinski definition) is 1. The lowest BCUT2D eigenvalue weighted by Gasteiger charge is -2.14. The molecule has 0 aromatic rings. The molecule has 14 heavy (non-hydrogen) atoms. The van der Waals surface area contributed by atoms with Crippen LogP contribution in [0.25, 0.3) is 0 Å². The van der Waals surface area contributed by atoms with E-state index >= 15 is 0 Å². The Bertz CT molecular complexity index is 257. The zero-order valence-electron chi connectivity index (χ0n) is 7.88. The van der Waals surface area contributed by atoms with E-state index in [9.17, 15) is 4.79 Å². The first-order valence-electron chi connectivity index (χ1n) is 4.88. The summed E-state index contributed by atoms with van der Waals surface area (Å²) in [5, 5.41) is 0. The molecule has 1 saturated heterocycles. The van der Waals surface area contributed by atoms with Gasteiger partial charge in [0.1, 0.15) is 4.33 Å². The number of carbonyl (C=O) groups is 1. The Morgan fingerprint density at radius 2 is 2.21 bits per heavy atom. The number of primary amides is 1. The normalized spacial score (nSPS) is 35.9. The van der Waals surface area contributed by atoms with Gasteiger partial charge in [-0.3, -0.25) is 4.79 Å². The fourth-order valence-corrected chi connectivity index (χ4v) is 2.52. The maximum Gasteiger partial charge on any atom is 0.221 e. The highest BCUT2D eigenvalue weighted by molar-refractivity contribution is 6.50. The van der Waals surface area contributed by atoms with Crippen LogP contribution in [0.2, 0.25) is 0 Å². The summed E-state index contributed by atoms with van der Waals surface area (Å²) in [6.07, 6.45) is 1.74. The molecular formula is C9H14Cl2N2O. The molecule has 0 bridgehead atoms. The van der Waals surface area contributed by atoms with Gasteiger partial charge in [0.25, 0.3) is 0 Å². The van der Waals surface area contributed by atoms with Crippen LogP contribution >= 0.6 is 23.2 Å². The van der Waals surface area contributed by atoms with Crippen molar-refractivity contribution < 1.29 is 4.79 Å². The third-order valence-corrected chi connectivity index (χ3v) is 4.03. The number of likely N-dealkylation sites (tertiary alicyclic amines) is 1. The fraction of sp³-hybridized carbons (Fsp3) is 0.889. The summed E-state index contributed by atoms with van der Waals surface area (Å²) >= 11 is 11.9. The Morgan fingerprint density at radius 1 is 1.57 bits per heavy atom. The molecule has 2 N–H and O–H groups in total. The number of nitrogens with two attached hydrogens (primary N) is 1. The molecule has 1 heterocycles. The molecule has 3 nitrogen and oxygen atoms in total. The van der Waals surface area contributed by atoms with Gasteiger partial charge in [0.15, 0.2) is 0 Å². The maximum absolute atomic E-state index is 10.9. The van der Waals surface area contributed by atoms with Gasteiger partial charge in [-0.25, -0.2) is 0 Å². The smallest absolute Gasteiger partial charge is 0.221 e. The first-order chi connectivity index (χ1) is 6.49. The molecule has 0 unspecified atom stereocenters. The van der Waals surface area contributed by atoms with E-state index < -0.39 is 4.33 Å². The number of nitrogens with zero attached hydrogens (tertiary/aromatic N) is 1. The molecule has 0 aromatic carbocycles. The summed E-state index contributed by atoms with van der Waals surface area (Å²) in [6, 6.07) is 0. The molecule has 2 fully saturated rings. The van der Waals surface area contributed by atoms with Crippen molar-refractivity contribution >= 4 is 29.1 Å². The fourth-order valence-electron chi connectivity index (χ4n) is 2.01. The van der Waals surface area contributed by atoms with Gasteiger partial charge < -0.3 is 10.6 Å². The van der Waals surface area contributed by atoms with E-state index in [4.69, 9.17) is 28.9 Å². The average Bonchev–Trinajstić information content (AvgIpc) is 2.51. The van der Waals surface area contributed by atoms with Crippen LogP contribution in [0.15, 0.2) is 0 Å². The van der Waals surface area contributed by atoms with Crippen molar-refractivity contribution in [3.8, 4) is 0 Å². The quantitative estimate of drug-likeness (QED) is 0.744. The molecule has 0 spiro atoms. The van der Waals surface area contributed by atoms with E-state index in [-0.39, 0.29) is 11.8 Å². The molecule has 1 aliphatic carbocycles. The van der Waals surface area contributed by atoms with Crippen LogP contribution in [0.5, 0.6) is 0 Å². The highest BCUT2D eigenvalue weighted by Gasteiger charge is 2.52. The Morgan fingerprint density at radius 3 is 2.64 bits per heavy atom. The lowest BCUT2D eigenvalue weighted by atomic mass is 10.1. The van der Waals surface area contributed by atoms with Crippen molar-refractivity contribution in [2.45, 2.75) is 17.2 Å². The van der Waals surface area contributed by atoms with E-state index in [1.165, 1.54) is 0 Å². The molecule has 5 heteroatoms. The number of carbonyl (C=O) groups excluding carboxylic acids is 1. The summed E-state index contributed by atoms with van der Waals surface area (Å²) in [5.74, 6) is 0.206. The highest BCUT2D eigenvalue weighted by Crippen LogP contribution is 2.53. The van der Waals surface area contributed by atoms with Crippen molar-refractivity contribution in [1.82, 2.24) is 4.90 Å². The summed E-state index contributed by atoms with van der Waals surface area (Å²) in [7, 11) is 0. The first-order valence-corrected chi connectivity index (χ1v) is 5.64. The summed E-state index contributed by atoms with van der Waals surface area (Å²) < 4.78 is -0.509.